The van der Waals surface area contributed by atoms with Crippen molar-refractivity contribution in [3.05, 3.63) is 51.2 Å². The van der Waals surface area contributed by atoms with Crippen LogP contribution in [0.25, 0.3) is 0 Å². The molecule has 3 rings (SSSR count). The Hall–Kier alpha value is -2.52. The first kappa shape index (κ1) is 14.4. The Balaban J connectivity index is 1.69. The summed E-state index contributed by atoms with van der Waals surface area (Å²) in [6.07, 6.45) is -0.155. The minimum absolute atomic E-state index is 0.402. The van der Waals surface area contributed by atoms with E-state index in [1.165, 1.54) is 21.8 Å². The monoisotopic (exact) mass is 314 g/mol. The fourth-order valence-electron chi connectivity index (χ4n) is 2.46. The Morgan fingerprint density at radius 3 is 2.95 bits per heavy atom. The lowest BCUT2D eigenvalue weighted by Gasteiger charge is -2.26. The van der Waals surface area contributed by atoms with E-state index in [9.17, 15) is 4.79 Å². The van der Waals surface area contributed by atoms with Crippen molar-refractivity contribution in [2.45, 2.75) is 19.6 Å². The molecule has 2 heterocycles. The number of carbonyl (C=O) groups is 1. The molecule has 5 nitrogen and oxygen atoms in total. The Labute approximate surface area is 132 Å². The van der Waals surface area contributed by atoms with Crippen LogP contribution in [0.3, 0.4) is 0 Å². The van der Waals surface area contributed by atoms with Crippen molar-refractivity contribution < 1.29 is 14.6 Å². The lowest BCUT2D eigenvalue weighted by atomic mass is 10.00. The molecule has 1 aliphatic heterocycles. The van der Waals surface area contributed by atoms with E-state index >= 15 is 0 Å². The predicted molar refractivity (Wildman–Crippen MR) is 81.9 cm³/mol. The third-order valence-electron chi connectivity index (χ3n) is 3.61. The highest BCUT2D eigenvalue weighted by atomic mass is 32.1. The summed E-state index contributed by atoms with van der Waals surface area (Å²) in [5, 5.41) is 17.9. The first-order chi connectivity index (χ1) is 10.7. The van der Waals surface area contributed by atoms with Gasteiger partial charge in [0.1, 0.15) is 23.3 Å². The van der Waals surface area contributed by atoms with E-state index in [0.717, 1.165) is 22.6 Å². The van der Waals surface area contributed by atoms with Crippen LogP contribution in [0, 0.1) is 11.3 Å². The first-order valence-electron chi connectivity index (χ1n) is 6.87. The lowest BCUT2D eigenvalue weighted by molar-refractivity contribution is 0.140. The molecule has 112 valence electrons. The van der Waals surface area contributed by atoms with Crippen LogP contribution in [0.1, 0.15) is 20.9 Å². The zero-order valence-electron chi connectivity index (χ0n) is 11.8. The van der Waals surface area contributed by atoms with Gasteiger partial charge in [-0.2, -0.15) is 5.26 Å². The van der Waals surface area contributed by atoms with Gasteiger partial charge in [0.15, 0.2) is 0 Å². The minimum atomic E-state index is -0.889. The molecule has 22 heavy (non-hydrogen) atoms. The van der Waals surface area contributed by atoms with Crippen LogP contribution in [0.4, 0.5) is 4.79 Å². The summed E-state index contributed by atoms with van der Waals surface area (Å²) in [5.74, 6) is 0.720. The summed E-state index contributed by atoms with van der Waals surface area (Å²) >= 11 is 1.41. The Bertz CT molecular complexity index is 748. The molecule has 0 spiro atoms. The van der Waals surface area contributed by atoms with Crippen LogP contribution < -0.4 is 4.74 Å². The van der Waals surface area contributed by atoms with Gasteiger partial charge in [-0.1, -0.05) is 6.07 Å². The zero-order chi connectivity index (χ0) is 15.5. The quantitative estimate of drug-likeness (QED) is 0.944. The van der Waals surface area contributed by atoms with Crippen LogP contribution >= 0.6 is 11.3 Å². The summed E-state index contributed by atoms with van der Waals surface area (Å²) in [7, 11) is 0. The fraction of sp³-hybridized carbons (Fsp3) is 0.250. The second kappa shape index (κ2) is 6.08. The lowest BCUT2D eigenvalue weighted by Crippen LogP contribution is -2.34. The molecule has 6 heteroatoms. The van der Waals surface area contributed by atoms with E-state index in [1.807, 2.05) is 24.3 Å². The molecule has 1 N–H and O–H groups in total. The van der Waals surface area contributed by atoms with Crippen LogP contribution in [0.5, 0.6) is 5.75 Å². The number of rotatable bonds is 3. The maximum atomic E-state index is 11.1. The number of carboxylic acid groups (broad SMARTS) is 1. The highest BCUT2D eigenvalue weighted by molar-refractivity contribution is 7.12. The first-order valence-corrected chi connectivity index (χ1v) is 7.68. The van der Waals surface area contributed by atoms with Gasteiger partial charge in [0.05, 0.1) is 0 Å². The van der Waals surface area contributed by atoms with Crippen LogP contribution in [-0.4, -0.2) is 22.6 Å². The summed E-state index contributed by atoms with van der Waals surface area (Å²) < 4.78 is 5.75. The minimum Gasteiger partial charge on any atom is -0.488 e. The van der Waals surface area contributed by atoms with Gasteiger partial charge < -0.3 is 14.7 Å². The largest absolute Gasteiger partial charge is 0.488 e. The number of nitrogens with zero attached hydrogens (tertiary/aromatic N) is 2. The summed E-state index contributed by atoms with van der Waals surface area (Å²) in [5.41, 5.74) is 2.17. The molecular formula is C16H14N2O3S. The maximum Gasteiger partial charge on any atom is 0.407 e. The van der Waals surface area contributed by atoms with Crippen molar-refractivity contribution in [3.63, 3.8) is 0 Å². The van der Waals surface area contributed by atoms with E-state index in [4.69, 9.17) is 15.1 Å². The molecule has 0 bridgehead atoms. The van der Waals surface area contributed by atoms with Gasteiger partial charge in [-0.3, -0.25) is 0 Å². The molecule has 1 aliphatic rings. The molecule has 0 saturated heterocycles. The molecule has 0 unspecified atom stereocenters. The van der Waals surface area contributed by atoms with Crippen LogP contribution in [0.15, 0.2) is 30.3 Å². The number of ether oxygens (including phenoxy) is 1. The van der Waals surface area contributed by atoms with Crippen molar-refractivity contribution in [3.8, 4) is 11.8 Å². The number of amides is 1. The number of thiophene rings is 1. The average molecular weight is 314 g/mol. The SMILES string of the molecule is N#Cc1ccc(COc2ccc3c(c2)CN(C(=O)O)CC3)s1. The summed E-state index contributed by atoms with van der Waals surface area (Å²) in [6.45, 7) is 1.35. The van der Waals surface area contributed by atoms with E-state index < -0.39 is 6.09 Å². The van der Waals surface area contributed by atoms with Crippen LogP contribution in [-0.2, 0) is 19.6 Å². The second-order valence-electron chi connectivity index (χ2n) is 5.05. The molecule has 0 radical (unpaired) electrons. The number of benzene rings is 1. The Morgan fingerprint density at radius 1 is 1.36 bits per heavy atom. The van der Waals surface area contributed by atoms with Crippen molar-refractivity contribution in [2.24, 2.45) is 0 Å². The summed E-state index contributed by atoms with van der Waals surface area (Å²) in [6, 6.07) is 11.6. The average Bonchev–Trinajstić information content (AvgIpc) is 3.00. The molecule has 0 saturated carbocycles. The van der Waals surface area contributed by atoms with Gasteiger partial charge in [0.25, 0.3) is 0 Å². The van der Waals surface area contributed by atoms with Gasteiger partial charge in [0, 0.05) is 18.0 Å². The standard InChI is InChI=1S/C16H14N2O3S/c17-8-14-3-4-15(22-14)10-21-13-2-1-11-5-6-18(16(19)20)9-12(11)7-13/h1-4,7H,5-6,9-10H2,(H,19,20). The highest BCUT2D eigenvalue weighted by Crippen LogP contribution is 2.25. The smallest absolute Gasteiger partial charge is 0.407 e. The van der Waals surface area contributed by atoms with Gasteiger partial charge in [-0.15, -0.1) is 11.3 Å². The predicted octanol–water partition coefficient (Wildman–Crippen LogP) is 3.23. The normalized spacial score (nSPS) is 13.3. The van der Waals surface area contributed by atoms with E-state index in [1.54, 1.807) is 6.07 Å². The molecule has 1 aromatic carbocycles. The van der Waals surface area contributed by atoms with Crippen molar-refractivity contribution in [1.29, 1.82) is 5.26 Å². The van der Waals surface area contributed by atoms with E-state index in [2.05, 4.69) is 6.07 Å². The highest BCUT2D eigenvalue weighted by Gasteiger charge is 2.20. The number of fused-ring (bicyclic) bond motifs is 1. The second-order valence-corrected chi connectivity index (χ2v) is 6.22. The molecule has 0 aliphatic carbocycles. The number of hydrogen-bond donors (Lipinski definition) is 1. The third kappa shape index (κ3) is 3.05. The molecule has 2 aromatic rings. The molecule has 1 amide bonds. The Morgan fingerprint density at radius 2 is 2.23 bits per heavy atom. The molecular weight excluding hydrogens is 300 g/mol. The Kier molecular flexibility index (Phi) is 3.98. The third-order valence-corrected chi connectivity index (χ3v) is 4.58. The number of hydrogen-bond acceptors (Lipinski definition) is 4. The van der Waals surface area contributed by atoms with Crippen LogP contribution in [0.2, 0.25) is 0 Å². The van der Waals surface area contributed by atoms with Crippen molar-refractivity contribution in [1.82, 2.24) is 4.90 Å². The van der Waals surface area contributed by atoms with Crippen molar-refractivity contribution in [2.75, 3.05) is 6.54 Å². The van der Waals surface area contributed by atoms with Gasteiger partial charge in [0.2, 0.25) is 0 Å². The molecule has 0 atom stereocenters. The maximum absolute atomic E-state index is 11.1. The topological polar surface area (TPSA) is 73.6 Å². The van der Waals surface area contributed by atoms with Gasteiger partial charge in [-0.05, 0) is 41.8 Å². The van der Waals surface area contributed by atoms with E-state index in [0.29, 0.717) is 24.6 Å². The van der Waals surface area contributed by atoms with Gasteiger partial charge >= 0.3 is 6.09 Å². The van der Waals surface area contributed by atoms with Crippen molar-refractivity contribution >= 4 is 17.4 Å². The zero-order valence-corrected chi connectivity index (χ0v) is 12.6. The fourth-order valence-corrected chi connectivity index (χ4v) is 3.17. The molecule has 0 fully saturated rings. The summed E-state index contributed by atoms with van der Waals surface area (Å²) in [4.78, 5) is 14.1. The number of nitriles is 1. The van der Waals surface area contributed by atoms with E-state index in [-0.39, 0.29) is 0 Å². The van der Waals surface area contributed by atoms with Gasteiger partial charge in [-0.25, -0.2) is 4.79 Å². The molecule has 1 aromatic heterocycles.